The van der Waals surface area contributed by atoms with Gasteiger partial charge in [0.25, 0.3) is 0 Å². The van der Waals surface area contributed by atoms with E-state index in [2.05, 4.69) is 41.2 Å². The number of anilines is 1. The van der Waals surface area contributed by atoms with Crippen LogP contribution in [0, 0.1) is 0 Å². The van der Waals surface area contributed by atoms with E-state index in [-0.39, 0.29) is 5.75 Å². The molecule has 0 aliphatic heterocycles. The van der Waals surface area contributed by atoms with Crippen molar-refractivity contribution in [3.05, 3.63) is 52.5 Å². The molecule has 3 rings (SSSR count). The summed E-state index contributed by atoms with van der Waals surface area (Å²) in [5.74, 6) is 0.493. The molecule has 118 valence electrons. The second-order valence-corrected chi connectivity index (χ2v) is 5.45. The van der Waals surface area contributed by atoms with Gasteiger partial charge in [0.15, 0.2) is 0 Å². The van der Waals surface area contributed by atoms with Crippen LogP contribution in [0.2, 0.25) is 0 Å². The van der Waals surface area contributed by atoms with Crippen LogP contribution in [0.1, 0.15) is 5.56 Å². The molecule has 0 saturated carbocycles. The molecule has 23 heavy (non-hydrogen) atoms. The fourth-order valence-electron chi connectivity index (χ4n) is 1.99. The van der Waals surface area contributed by atoms with E-state index >= 15 is 0 Å². The van der Waals surface area contributed by atoms with Crippen LogP contribution in [-0.2, 0) is 0 Å². The van der Waals surface area contributed by atoms with Crippen LogP contribution in [0.15, 0.2) is 52.0 Å². The molecule has 1 aromatic heterocycles. The van der Waals surface area contributed by atoms with Crippen molar-refractivity contribution in [1.82, 2.24) is 9.97 Å². The van der Waals surface area contributed by atoms with Gasteiger partial charge in [-0.2, -0.15) is 13.9 Å². The van der Waals surface area contributed by atoms with E-state index in [0.717, 1.165) is 15.5 Å². The normalized spacial score (nSPS) is 11.5. The van der Waals surface area contributed by atoms with Gasteiger partial charge < -0.3 is 9.72 Å². The first-order valence-electron chi connectivity index (χ1n) is 6.60. The molecule has 3 aromatic rings. The Morgan fingerprint density at radius 1 is 1.26 bits per heavy atom. The molecule has 0 aliphatic carbocycles. The zero-order valence-electron chi connectivity index (χ0n) is 11.6. The van der Waals surface area contributed by atoms with Crippen LogP contribution in [0.3, 0.4) is 0 Å². The number of benzene rings is 2. The molecule has 0 bridgehead atoms. The molecule has 5 nitrogen and oxygen atoms in total. The molecule has 0 radical (unpaired) electrons. The van der Waals surface area contributed by atoms with Crippen LogP contribution in [0.4, 0.5) is 14.7 Å². The van der Waals surface area contributed by atoms with E-state index in [0.29, 0.717) is 11.5 Å². The Morgan fingerprint density at radius 3 is 2.87 bits per heavy atom. The highest BCUT2D eigenvalue weighted by atomic mass is 79.9. The summed E-state index contributed by atoms with van der Waals surface area (Å²) in [7, 11) is 0. The van der Waals surface area contributed by atoms with Crippen molar-refractivity contribution in [2.75, 3.05) is 5.43 Å². The number of hydrogen-bond acceptors (Lipinski definition) is 4. The number of aromatic amines is 1. The van der Waals surface area contributed by atoms with Crippen LogP contribution < -0.4 is 10.2 Å². The lowest BCUT2D eigenvalue weighted by Gasteiger charge is -2.07. The van der Waals surface area contributed by atoms with Gasteiger partial charge in [-0.3, -0.25) is 0 Å². The first kappa shape index (κ1) is 15.4. The fraction of sp³-hybridized carbons (Fsp3) is 0.0667. The van der Waals surface area contributed by atoms with E-state index in [4.69, 9.17) is 0 Å². The van der Waals surface area contributed by atoms with Gasteiger partial charge in [0.2, 0.25) is 5.95 Å². The molecule has 0 aliphatic rings. The average molecular weight is 381 g/mol. The van der Waals surface area contributed by atoms with Crippen LogP contribution in [-0.4, -0.2) is 22.8 Å². The van der Waals surface area contributed by atoms with Gasteiger partial charge in [-0.15, -0.1) is 0 Å². The van der Waals surface area contributed by atoms with Crippen molar-refractivity contribution in [2.45, 2.75) is 6.61 Å². The number of nitrogens with zero attached hydrogens (tertiary/aromatic N) is 2. The lowest BCUT2D eigenvalue weighted by Crippen LogP contribution is -2.04. The third kappa shape index (κ3) is 3.84. The molecule has 0 unspecified atom stereocenters. The SMILES string of the molecule is FC(F)Oc1ccc(Br)cc1/C=N\Nc1nc2ccccc2[nH]1. The minimum absolute atomic E-state index is 0.0401. The highest BCUT2D eigenvalue weighted by molar-refractivity contribution is 9.10. The summed E-state index contributed by atoms with van der Waals surface area (Å²) >= 11 is 3.28. The summed E-state index contributed by atoms with van der Waals surface area (Å²) in [6.45, 7) is -2.90. The Hall–Kier alpha value is -2.48. The average Bonchev–Trinajstić information content (AvgIpc) is 2.92. The van der Waals surface area contributed by atoms with Crippen LogP contribution >= 0.6 is 15.9 Å². The maximum atomic E-state index is 12.4. The number of rotatable bonds is 5. The number of ether oxygens (including phenoxy) is 1. The summed E-state index contributed by atoms with van der Waals surface area (Å²) in [6.07, 6.45) is 1.38. The number of fused-ring (bicyclic) bond motifs is 1. The molecule has 0 spiro atoms. The standard InChI is InChI=1S/C15H11BrF2N4O/c16-10-5-6-13(23-14(17)18)9(7-10)8-19-22-15-20-11-3-1-2-4-12(11)21-15/h1-8,14H,(H2,20,21,22)/b19-8-. The van der Waals surface area contributed by atoms with E-state index in [9.17, 15) is 8.78 Å². The summed E-state index contributed by atoms with van der Waals surface area (Å²) in [4.78, 5) is 7.33. The Kier molecular flexibility index (Phi) is 4.52. The van der Waals surface area contributed by atoms with E-state index < -0.39 is 6.61 Å². The molecule has 2 aromatic carbocycles. The predicted molar refractivity (Wildman–Crippen MR) is 88.1 cm³/mol. The highest BCUT2D eigenvalue weighted by Crippen LogP contribution is 2.23. The first-order chi connectivity index (χ1) is 11.1. The van der Waals surface area contributed by atoms with Crippen molar-refractivity contribution in [3.8, 4) is 5.75 Å². The van der Waals surface area contributed by atoms with E-state index in [1.54, 1.807) is 12.1 Å². The van der Waals surface area contributed by atoms with Crippen LogP contribution in [0.25, 0.3) is 11.0 Å². The fourth-order valence-corrected chi connectivity index (χ4v) is 2.37. The molecule has 0 fully saturated rings. The van der Waals surface area contributed by atoms with E-state index in [1.807, 2.05) is 24.3 Å². The number of hydrazone groups is 1. The monoisotopic (exact) mass is 380 g/mol. The molecular formula is C15H11BrF2N4O. The van der Waals surface area contributed by atoms with E-state index in [1.165, 1.54) is 12.3 Å². The minimum Gasteiger partial charge on any atom is -0.434 e. The number of para-hydroxylation sites is 2. The molecule has 8 heteroatoms. The molecular weight excluding hydrogens is 370 g/mol. The zero-order valence-corrected chi connectivity index (χ0v) is 13.2. The summed E-state index contributed by atoms with van der Waals surface area (Å²) in [6, 6.07) is 12.2. The molecule has 0 saturated heterocycles. The van der Waals surface area contributed by atoms with Gasteiger partial charge in [0.1, 0.15) is 5.75 Å². The summed E-state index contributed by atoms with van der Waals surface area (Å²) < 4.78 is 30.0. The van der Waals surface area contributed by atoms with Gasteiger partial charge in [-0.1, -0.05) is 28.1 Å². The quantitative estimate of drug-likeness (QED) is 0.510. The Morgan fingerprint density at radius 2 is 2.09 bits per heavy atom. The lowest BCUT2D eigenvalue weighted by molar-refractivity contribution is -0.0499. The van der Waals surface area contributed by atoms with Crippen molar-refractivity contribution < 1.29 is 13.5 Å². The van der Waals surface area contributed by atoms with Gasteiger partial charge in [0, 0.05) is 10.0 Å². The second-order valence-electron chi connectivity index (χ2n) is 4.53. The summed E-state index contributed by atoms with van der Waals surface area (Å²) in [5.41, 5.74) is 4.80. The molecule has 0 atom stereocenters. The number of H-pyrrole nitrogens is 1. The van der Waals surface area contributed by atoms with Gasteiger partial charge >= 0.3 is 6.61 Å². The largest absolute Gasteiger partial charge is 0.434 e. The van der Waals surface area contributed by atoms with Crippen molar-refractivity contribution in [3.63, 3.8) is 0 Å². The highest BCUT2D eigenvalue weighted by Gasteiger charge is 2.09. The van der Waals surface area contributed by atoms with Crippen molar-refractivity contribution in [1.29, 1.82) is 0 Å². The summed E-state index contributed by atoms with van der Waals surface area (Å²) in [5, 5.41) is 4.00. The van der Waals surface area contributed by atoms with Crippen LogP contribution in [0.5, 0.6) is 5.75 Å². The van der Waals surface area contributed by atoms with Gasteiger partial charge in [0.05, 0.1) is 17.2 Å². The third-order valence-corrected chi connectivity index (χ3v) is 3.44. The maximum absolute atomic E-state index is 12.4. The topological polar surface area (TPSA) is 62.3 Å². The minimum atomic E-state index is -2.90. The molecule has 0 amide bonds. The number of halogens is 3. The Bertz CT molecular complexity index is 817. The number of nitrogens with one attached hydrogen (secondary N) is 2. The Balaban J connectivity index is 1.78. The smallest absolute Gasteiger partial charge is 0.387 e. The van der Waals surface area contributed by atoms with Gasteiger partial charge in [-0.05, 0) is 30.3 Å². The maximum Gasteiger partial charge on any atom is 0.387 e. The zero-order chi connectivity index (χ0) is 16.2. The number of hydrogen-bond donors (Lipinski definition) is 2. The molecule has 2 N–H and O–H groups in total. The Labute approximate surface area is 138 Å². The predicted octanol–water partition coefficient (Wildman–Crippen LogP) is 4.37. The first-order valence-corrected chi connectivity index (χ1v) is 7.39. The number of aromatic nitrogens is 2. The number of imidazole rings is 1. The second kappa shape index (κ2) is 6.74. The van der Waals surface area contributed by atoms with Crippen molar-refractivity contribution >= 4 is 39.1 Å². The van der Waals surface area contributed by atoms with Gasteiger partial charge in [-0.25, -0.2) is 10.4 Å². The third-order valence-electron chi connectivity index (χ3n) is 2.95. The lowest BCUT2D eigenvalue weighted by atomic mass is 10.2. The number of alkyl halides is 2. The van der Waals surface area contributed by atoms with Crippen molar-refractivity contribution in [2.24, 2.45) is 5.10 Å². The molecule has 1 heterocycles.